The van der Waals surface area contributed by atoms with Gasteiger partial charge >= 0.3 is 0 Å². The number of aliphatic imine (C=N–C) groups is 1. The van der Waals surface area contributed by atoms with Crippen molar-refractivity contribution in [2.45, 2.75) is 46.3 Å². The van der Waals surface area contributed by atoms with Gasteiger partial charge in [0.15, 0.2) is 11.8 Å². The Morgan fingerprint density at radius 2 is 2.11 bits per heavy atom. The Balaban J connectivity index is 0.00000392. The number of aromatic nitrogens is 2. The fourth-order valence-electron chi connectivity index (χ4n) is 2.42. The van der Waals surface area contributed by atoms with Gasteiger partial charge in [0.05, 0.1) is 18.8 Å². The molecule has 0 aliphatic rings. The third-order valence-corrected chi connectivity index (χ3v) is 3.58. The molecule has 9 heteroatoms. The van der Waals surface area contributed by atoms with Gasteiger partial charge in [-0.1, -0.05) is 17.3 Å². The lowest BCUT2D eigenvalue weighted by atomic mass is 10.1. The quantitative estimate of drug-likeness (QED) is 0.275. The maximum Gasteiger partial charge on any atom is 0.228 e. The second-order valence-corrected chi connectivity index (χ2v) is 6.39. The highest BCUT2D eigenvalue weighted by molar-refractivity contribution is 14.0. The number of halogens is 1. The lowest BCUT2D eigenvalue weighted by Gasteiger charge is -2.15. The van der Waals surface area contributed by atoms with E-state index in [-0.39, 0.29) is 36.6 Å². The molecular formula is C19H30IN5O3. The van der Waals surface area contributed by atoms with Crippen LogP contribution in [-0.2, 0) is 6.42 Å². The van der Waals surface area contributed by atoms with E-state index in [1.807, 2.05) is 45.0 Å². The Labute approximate surface area is 183 Å². The van der Waals surface area contributed by atoms with Gasteiger partial charge in [0, 0.05) is 19.5 Å². The van der Waals surface area contributed by atoms with Gasteiger partial charge in [-0.2, -0.15) is 4.98 Å². The molecule has 1 unspecified atom stereocenters. The zero-order valence-electron chi connectivity index (χ0n) is 16.8. The van der Waals surface area contributed by atoms with Crippen LogP contribution in [0, 0.1) is 6.92 Å². The van der Waals surface area contributed by atoms with Crippen molar-refractivity contribution in [1.29, 1.82) is 0 Å². The van der Waals surface area contributed by atoms with Crippen molar-refractivity contribution in [3.05, 3.63) is 41.5 Å². The highest BCUT2D eigenvalue weighted by Gasteiger charge is 2.10. The molecule has 1 heterocycles. The van der Waals surface area contributed by atoms with Gasteiger partial charge in [-0.05, 0) is 45.4 Å². The minimum atomic E-state index is -0.713. The van der Waals surface area contributed by atoms with E-state index in [9.17, 15) is 5.11 Å². The molecule has 1 aromatic heterocycles. The summed E-state index contributed by atoms with van der Waals surface area (Å²) in [6.45, 7) is 9.27. The average molecular weight is 503 g/mol. The lowest BCUT2D eigenvalue weighted by Crippen LogP contribution is -2.38. The molecule has 156 valence electrons. The van der Waals surface area contributed by atoms with Gasteiger partial charge in [-0.15, -0.1) is 24.0 Å². The maximum atomic E-state index is 10.5. The topological polar surface area (TPSA) is 105 Å². The van der Waals surface area contributed by atoms with Gasteiger partial charge in [-0.3, -0.25) is 4.99 Å². The number of nitrogens with zero attached hydrogens (tertiary/aromatic N) is 3. The summed E-state index contributed by atoms with van der Waals surface area (Å²) in [4.78, 5) is 8.62. The van der Waals surface area contributed by atoms with Crippen LogP contribution < -0.4 is 15.4 Å². The summed E-state index contributed by atoms with van der Waals surface area (Å²) < 4.78 is 10.8. The molecule has 0 fully saturated rings. The van der Waals surface area contributed by atoms with Crippen LogP contribution in [0.25, 0.3) is 0 Å². The van der Waals surface area contributed by atoms with Crippen LogP contribution in [0.5, 0.6) is 5.75 Å². The smallest absolute Gasteiger partial charge is 0.228 e. The number of ether oxygens (including phenoxy) is 1. The SMILES string of the molecule is CCNC(=NCC(O)c1cccc(OC(C)C)c1)NCCc1nc(C)no1.I. The van der Waals surface area contributed by atoms with E-state index in [1.165, 1.54) is 0 Å². The molecule has 8 nitrogen and oxygen atoms in total. The van der Waals surface area contributed by atoms with Gasteiger partial charge in [-0.25, -0.2) is 0 Å². The lowest BCUT2D eigenvalue weighted by molar-refractivity contribution is 0.185. The predicted molar refractivity (Wildman–Crippen MR) is 119 cm³/mol. The van der Waals surface area contributed by atoms with Gasteiger partial charge in [0.2, 0.25) is 5.89 Å². The van der Waals surface area contributed by atoms with Crippen molar-refractivity contribution in [2.75, 3.05) is 19.6 Å². The van der Waals surface area contributed by atoms with E-state index in [0.29, 0.717) is 30.6 Å². The molecule has 0 radical (unpaired) electrons. The zero-order valence-corrected chi connectivity index (χ0v) is 19.1. The molecule has 0 spiro atoms. The molecule has 0 amide bonds. The number of benzene rings is 1. The first kappa shape index (κ1) is 24.2. The average Bonchev–Trinajstić information content (AvgIpc) is 3.04. The number of hydrogen-bond acceptors (Lipinski definition) is 6. The Hall–Kier alpha value is -1.88. The van der Waals surface area contributed by atoms with E-state index in [1.54, 1.807) is 6.92 Å². The molecule has 2 rings (SSSR count). The molecule has 0 saturated heterocycles. The number of guanidine groups is 1. The van der Waals surface area contributed by atoms with Crippen molar-refractivity contribution in [1.82, 2.24) is 20.8 Å². The fraction of sp³-hybridized carbons (Fsp3) is 0.526. The molecule has 0 aliphatic carbocycles. The minimum Gasteiger partial charge on any atom is -0.491 e. The molecular weight excluding hydrogens is 473 g/mol. The molecule has 2 aromatic rings. The number of aliphatic hydroxyl groups is 1. The number of rotatable bonds is 9. The minimum absolute atomic E-state index is 0. The van der Waals surface area contributed by atoms with Crippen molar-refractivity contribution in [3.63, 3.8) is 0 Å². The molecule has 28 heavy (non-hydrogen) atoms. The predicted octanol–water partition coefficient (Wildman–Crippen LogP) is 2.61. The first-order chi connectivity index (χ1) is 13.0. The third kappa shape index (κ3) is 8.42. The highest BCUT2D eigenvalue weighted by atomic mass is 127. The first-order valence-corrected chi connectivity index (χ1v) is 9.24. The summed E-state index contributed by atoms with van der Waals surface area (Å²) in [5, 5.41) is 20.6. The van der Waals surface area contributed by atoms with E-state index in [2.05, 4.69) is 25.8 Å². The first-order valence-electron chi connectivity index (χ1n) is 9.24. The highest BCUT2D eigenvalue weighted by Crippen LogP contribution is 2.20. The van der Waals surface area contributed by atoms with Crippen LogP contribution in [0.15, 0.2) is 33.8 Å². The second kappa shape index (κ2) is 12.6. The van der Waals surface area contributed by atoms with Crippen LogP contribution in [0.3, 0.4) is 0 Å². The summed E-state index contributed by atoms with van der Waals surface area (Å²) in [6.07, 6.45) is -0.0278. The Kier molecular flexibility index (Phi) is 10.8. The van der Waals surface area contributed by atoms with Crippen LogP contribution >= 0.6 is 24.0 Å². The molecule has 0 saturated carbocycles. The summed E-state index contributed by atoms with van der Waals surface area (Å²) in [5.74, 6) is 2.57. The molecule has 3 N–H and O–H groups in total. The molecule has 1 aromatic carbocycles. The molecule has 1 atom stereocenters. The van der Waals surface area contributed by atoms with Crippen LogP contribution in [0.4, 0.5) is 0 Å². The van der Waals surface area contributed by atoms with Gasteiger partial charge < -0.3 is 25.0 Å². The van der Waals surface area contributed by atoms with Gasteiger partial charge in [0.1, 0.15) is 5.75 Å². The largest absolute Gasteiger partial charge is 0.491 e. The number of nitrogens with one attached hydrogen (secondary N) is 2. The standard InChI is InChI=1S/C19H29N5O3.HI/c1-5-20-19(21-10-9-18-23-14(4)24-27-18)22-12-17(25)15-7-6-8-16(11-15)26-13(2)3;/h6-8,11,13,17,25H,5,9-10,12H2,1-4H3,(H2,20,21,22);1H. The second-order valence-electron chi connectivity index (χ2n) is 6.39. The van der Waals surface area contributed by atoms with Crippen molar-refractivity contribution in [3.8, 4) is 5.75 Å². The Morgan fingerprint density at radius 1 is 1.32 bits per heavy atom. The van der Waals surface area contributed by atoms with Crippen molar-refractivity contribution < 1.29 is 14.4 Å². The van der Waals surface area contributed by atoms with E-state index in [4.69, 9.17) is 9.26 Å². The normalized spacial score (nSPS) is 12.4. The van der Waals surface area contributed by atoms with Gasteiger partial charge in [0.25, 0.3) is 0 Å². The maximum absolute atomic E-state index is 10.5. The fourth-order valence-corrected chi connectivity index (χ4v) is 2.42. The summed E-state index contributed by atoms with van der Waals surface area (Å²) in [6, 6.07) is 7.46. The Morgan fingerprint density at radius 3 is 2.75 bits per heavy atom. The third-order valence-electron chi connectivity index (χ3n) is 3.58. The van der Waals surface area contributed by atoms with Crippen LogP contribution in [-0.4, -0.2) is 46.9 Å². The number of aryl methyl sites for hydroxylation is 1. The number of hydrogen-bond donors (Lipinski definition) is 3. The van der Waals surface area contributed by atoms with Crippen molar-refractivity contribution >= 4 is 29.9 Å². The zero-order chi connectivity index (χ0) is 19.6. The number of aliphatic hydroxyl groups excluding tert-OH is 1. The van der Waals surface area contributed by atoms with E-state index < -0.39 is 6.10 Å². The Bertz CT molecular complexity index is 736. The summed E-state index contributed by atoms with van der Waals surface area (Å²) in [7, 11) is 0. The van der Waals surface area contributed by atoms with E-state index >= 15 is 0 Å². The van der Waals surface area contributed by atoms with Crippen LogP contribution in [0.1, 0.15) is 44.2 Å². The van der Waals surface area contributed by atoms with Crippen LogP contribution in [0.2, 0.25) is 0 Å². The molecule has 0 aliphatic heterocycles. The summed E-state index contributed by atoms with van der Waals surface area (Å²) in [5.41, 5.74) is 0.772. The molecule has 0 bridgehead atoms. The van der Waals surface area contributed by atoms with E-state index in [0.717, 1.165) is 17.9 Å². The van der Waals surface area contributed by atoms with Crippen molar-refractivity contribution in [2.24, 2.45) is 4.99 Å². The monoisotopic (exact) mass is 503 g/mol. The summed E-state index contributed by atoms with van der Waals surface area (Å²) >= 11 is 0.